The van der Waals surface area contributed by atoms with Gasteiger partial charge in [0.15, 0.2) is 0 Å². The summed E-state index contributed by atoms with van der Waals surface area (Å²) < 4.78 is 15.5. The van der Waals surface area contributed by atoms with Crippen molar-refractivity contribution in [2.45, 2.75) is 32.2 Å². The fourth-order valence-electron chi connectivity index (χ4n) is 2.20. The minimum absolute atomic E-state index is 0.131. The minimum Gasteiger partial charge on any atom is -0.347 e. The standard InChI is InChI=1S/C14H18FN3O/c15-12-5-4-6-13-11(12)8-10-18(13)9-3-1-2-7-14(19)17-16/h4-6,8,10H,1-3,7,9,16H2,(H,17,19). The maximum Gasteiger partial charge on any atom is 0.233 e. The Bertz CT molecular complexity index is 565. The molecule has 0 radical (unpaired) electrons. The molecular weight excluding hydrogens is 245 g/mol. The second-order valence-electron chi connectivity index (χ2n) is 4.56. The molecule has 1 heterocycles. The largest absolute Gasteiger partial charge is 0.347 e. The summed E-state index contributed by atoms with van der Waals surface area (Å²) in [7, 11) is 0. The van der Waals surface area contributed by atoms with Gasteiger partial charge in [-0.15, -0.1) is 0 Å². The Morgan fingerprint density at radius 3 is 2.89 bits per heavy atom. The van der Waals surface area contributed by atoms with E-state index in [9.17, 15) is 9.18 Å². The summed E-state index contributed by atoms with van der Waals surface area (Å²) in [4.78, 5) is 10.9. The van der Waals surface area contributed by atoms with Gasteiger partial charge in [0.1, 0.15) is 5.82 Å². The van der Waals surface area contributed by atoms with Gasteiger partial charge in [0.25, 0.3) is 0 Å². The molecule has 1 aromatic heterocycles. The van der Waals surface area contributed by atoms with E-state index >= 15 is 0 Å². The number of aromatic nitrogens is 1. The van der Waals surface area contributed by atoms with E-state index in [1.807, 2.05) is 16.8 Å². The molecule has 5 heteroatoms. The molecule has 0 saturated carbocycles. The first kappa shape index (κ1) is 13.5. The Morgan fingerprint density at radius 2 is 2.11 bits per heavy atom. The summed E-state index contributed by atoms with van der Waals surface area (Å²) >= 11 is 0. The first-order chi connectivity index (χ1) is 9.22. The third-order valence-electron chi connectivity index (χ3n) is 3.22. The van der Waals surface area contributed by atoms with Crippen LogP contribution in [0.3, 0.4) is 0 Å². The molecule has 0 aliphatic rings. The van der Waals surface area contributed by atoms with E-state index in [0.29, 0.717) is 11.8 Å². The van der Waals surface area contributed by atoms with Crippen LogP contribution in [0.15, 0.2) is 30.5 Å². The fourth-order valence-corrected chi connectivity index (χ4v) is 2.20. The van der Waals surface area contributed by atoms with E-state index in [2.05, 4.69) is 5.43 Å². The lowest BCUT2D eigenvalue weighted by Gasteiger charge is -2.05. The van der Waals surface area contributed by atoms with Crippen molar-refractivity contribution in [1.29, 1.82) is 0 Å². The van der Waals surface area contributed by atoms with Crippen molar-refractivity contribution >= 4 is 16.8 Å². The lowest BCUT2D eigenvalue weighted by atomic mass is 10.2. The van der Waals surface area contributed by atoms with Crippen molar-refractivity contribution in [1.82, 2.24) is 9.99 Å². The number of nitrogens with zero attached hydrogens (tertiary/aromatic N) is 1. The highest BCUT2D eigenvalue weighted by atomic mass is 19.1. The number of aryl methyl sites for hydroxylation is 1. The van der Waals surface area contributed by atoms with Crippen LogP contribution in [0.5, 0.6) is 0 Å². The lowest BCUT2D eigenvalue weighted by Crippen LogP contribution is -2.29. The molecule has 1 amide bonds. The molecule has 0 fully saturated rings. The molecule has 0 aliphatic heterocycles. The second-order valence-corrected chi connectivity index (χ2v) is 4.56. The summed E-state index contributed by atoms with van der Waals surface area (Å²) in [6.45, 7) is 0.831. The molecule has 2 aromatic rings. The number of nitrogens with one attached hydrogen (secondary N) is 1. The van der Waals surface area contributed by atoms with Crippen LogP contribution in [0.1, 0.15) is 25.7 Å². The average Bonchev–Trinajstić information content (AvgIpc) is 2.83. The van der Waals surface area contributed by atoms with E-state index in [-0.39, 0.29) is 11.7 Å². The van der Waals surface area contributed by atoms with Crippen LogP contribution in [-0.4, -0.2) is 10.5 Å². The molecule has 1 aromatic carbocycles. The van der Waals surface area contributed by atoms with Gasteiger partial charge < -0.3 is 4.57 Å². The number of benzene rings is 1. The minimum atomic E-state index is -0.184. The van der Waals surface area contributed by atoms with Crippen LogP contribution in [0, 0.1) is 5.82 Å². The first-order valence-corrected chi connectivity index (χ1v) is 6.45. The molecule has 0 spiro atoms. The Kier molecular flexibility index (Phi) is 4.52. The SMILES string of the molecule is NNC(=O)CCCCCn1ccc2c(F)cccc21. The normalized spacial score (nSPS) is 10.8. The van der Waals surface area contributed by atoms with Crippen LogP contribution < -0.4 is 11.3 Å². The fraction of sp³-hybridized carbons (Fsp3) is 0.357. The van der Waals surface area contributed by atoms with Crippen LogP contribution in [0.4, 0.5) is 4.39 Å². The molecule has 0 saturated heterocycles. The molecule has 102 valence electrons. The lowest BCUT2D eigenvalue weighted by molar-refractivity contribution is -0.121. The van der Waals surface area contributed by atoms with Crippen molar-refractivity contribution in [3.8, 4) is 0 Å². The van der Waals surface area contributed by atoms with Gasteiger partial charge in [-0.3, -0.25) is 10.2 Å². The Morgan fingerprint density at radius 1 is 1.26 bits per heavy atom. The number of hydrazine groups is 1. The smallest absolute Gasteiger partial charge is 0.233 e. The predicted molar refractivity (Wildman–Crippen MR) is 72.7 cm³/mol. The topological polar surface area (TPSA) is 60.0 Å². The maximum absolute atomic E-state index is 13.5. The molecule has 0 unspecified atom stereocenters. The van der Waals surface area contributed by atoms with Crippen LogP contribution >= 0.6 is 0 Å². The summed E-state index contributed by atoms with van der Waals surface area (Å²) in [5, 5.41) is 0.657. The zero-order valence-corrected chi connectivity index (χ0v) is 10.7. The molecule has 0 atom stereocenters. The van der Waals surface area contributed by atoms with Crippen molar-refractivity contribution in [2.24, 2.45) is 5.84 Å². The molecule has 0 aliphatic carbocycles. The number of amides is 1. The van der Waals surface area contributed by atoms with Crippen LogP contribution in [0.25, 0.3) is 10.9 Å². The van der Waals surface area contributed by atoms with E-state index in [1.54, 1.807) is 12.1 Å². The highest BCUT2D eigenvalue weighted by Gasteiger charge is 2.04. The van der Waals surface area contributed by atoms with Gasteiger partial charge in [-0.25, -0.2) is 10.2 Å². The number of hydrogen-bond acceptors (Lipinski definition) is 2. The van der Waals surface area contributed by atoms with Crippen molar-refractivity contribution in [3.63, 3.8) is 0 Å². The van der Waals surface area contributed by atoms with Gasteiger partial charge in [0.2, 0.25) is 5.91 Å². The highest BCUT2D eigenvalue weighted by molar-refractivity contribution is 5.80. The van der Waals surface area contributed by atoms with Gasteiger partial charge in [-0.1, -0.05) is 12.5 Å². The zero-order chi connectivity index (χ0) is 13.7. The summed E-state index contributed by atoms with van der Waals surface area (Å²) in [5.74, 6) is 4.69. The number of carbonyl (C=O) groups excluding carboxylic acids is 1. The van der Waals surface area contributed by atoms with Gasteiger partial charge >= 0.3 is 0 Å². The van der Waals surface area contributed by atoms with E-state index < -0.39 is 0 Å². The second kappa shape index (κ2) is 6.33. The quantitative estimate of drug-likeness (QED) is 0.364. The van der Waals surface area contributed by atoms with E-state index in [4.69, 9.17) is 5.84 Å². The van der Waals surface area contributed by atoms with E-state index in [0.717, 1.165) is 31.3 Å². The summed E-state index contributed by atoms with van der Waals surface area (Å²) in [5.41, 5.74) is 3.03. The van der Waals surface area contributed by atoms with E-state index in [1.165, 1.54) is 6.07 Å². The Balaban J connectivity index is 1.85. The number of hydrogen-bond donors (Lipinski definition) is 2. The van der Waals surface area contributed by atoms with Crippen LogP contribution in [0.2, 0.25) is 0 Å². The Labute approximate surface area is 111 Å². The molecule has 2 rings (SSSR count). The molecule has 4 nitrogen and oxygen atoms in total. The van der Waals surface area contributed by atoms with Crippen molar-refractivity contribution in [3.05, 3.63) is 36.3 Å². The number of rotatable bonds is 6. The van der Waals surface area contributed by atoms with Crippen molar-refractivity contribution < 1.29 is 9.18 Å². The van der Waals surface area contributed by atoms with Gasteiger partial charge in [0.05, 0.1) is 5.52 Å². The highest BCUT2D eigenvalue weighted by Crippen LogP contribution is 2.19. The number of halogens is 1. The molecular formula is C14H18FN3O. The number of fused-ring (bicyclic) bond motifs is 1. The number of unbranched alkanes of at least 4 members (excludes halogenated alkanes) is 2. The third-order valence-corrected chi connectivity index (χ3v) is 3.22. The van der Waals surface area contributed by atoms with Gasteiger partial charge in [-0.2, -0.15) is 0 Å². The maximum atomic E-state index is 13.5. The number of carbonyl (C=O) groups is 1. The van der Waals surface area contributed by atoms with Crippen LogP contribution in [-0.2, 0) is 11.3 Å². The number of nitrogens with two attached hydrogens (primary N) is 1. The zero-order valence-electron chi connectivity index (χ0n) is 10.7. The summed E-state index contributed by atoms with van der Waals surface area (Å²) in [6, 6.07) is 6.91. The van der Waals surface area contributed by atoms with Gasteiger partial charge in [0, 0.05) is 24.5 Å². The monoisotopic (exact) mass is 263 g/mol. The predicted octanol–water partition coefficient (Wildman–Crippen LogP) is 2.33. The Hall–Kier alpha value is -1.88. The van der Waals surface area contributed by atoms with Crippen molar-refractivity contribution in [2.75, 3.05) is 0 Å². The van der Waals surface area contributed by atoms with Gasteiger partial charge in [-0.05, 0) is 31.0 Å². The first-order valence-electron chi connectivity index (χ1n) is 6.45. The molecule has 3 N–H and O–H groups in total. The third kappa shape index (κ3) is 3.32. The summed E-state index contributed by atoms with van der Waals surface area (Å²) in [6.07, 6.45) is 5.08. The average molecular weight is 263 g/mol. The molecule has 0 bridgehead atoms. The molecule has 19 heavy (non-hydrogen) atoms.